The molecule has 2 atom stereocenters. The quantitative estimate of drug-likeness (QED) is 0.883. The average Bonchev–Trinajstić information content (AvgIpc) is 2.98. The summed E-state index contributed by atoms with van der Waals surface area (Å²) >= 11 is 0. The molecule has 0 bridgehead atoms. The van der Waals surface area contributed by atoms with E-state index in [1.54, 1.807) is 26.8 Å². The van der Waals surface area contributed by atoms with Crippen LogP contribution in [0.15, 0.2) is 18.2 Å². The highest BCUT2D eigenvalue weighted by atomic mass is 16.6. The molecule has 7 heteroatoms. The Labute approximate surface area is 146 Å². The molecule has 1 aromatic carbocycles. The SMILES string of the molecule is CC(C)(C)OC(=O)N1C[C@H](C(=O)O)[C@@H](c2ccc3c(c2)OCCO3)C1. The molecule has 2 aliphatic heterocycles. The summed E-state index contributed by atoms with van der Waals surface area (Å²) in [7, 11) is 0. The van der Waals surface area contributed by atoms with Crippen molar-refractivity contribution in [2.24, 2.45) is 5.92 Å². The van der Waals surface area contributed by atoms with Crippen LogP contribution in [0.4, 0.5) is 4.79 Å². The minimum Gasteiger partial charge on any atom is -0.486 e. The number of benzene rings is 1. The van der Waals surface area contributed by atoms with Gasteiger partial charge in [-0.1, -0.05) is 6.07 Å². The third-order valence-corrected chi connectivity index (χ3v) is 4.28. The number of fused-ring (bicyclic) bond motifs is 1. The van der Waals surface area contributed by atoms with Crippen molar-refractivity contribution in [2.45, 2.75) is 32.3 Å². The zero-order valence-corrected chi connectivity index (χ0v) is 14.7. The molecule has 0 aromatic heterocycles. The van der Waals surface area contributed by atoms with E-state index in [0.29, 0.717) is 31.3 Å². The highest BCUT2D eigenvalue weighted by molar-refractivity contribution is 5.76. The number of likely N-dealkylation sites (tertiary alicyclic amines) is 1. The van der Waals surface area contributed by atoms with E-state index in [4.69, 9.17) is 14.2 Å². The van der Waals surface area contributed by atoms with Gasteiger partial charge in [-0.15, -0.1) is 0 Å². The second-order valence-electron chi connectivity index (χ2n) is 7.34. The van der Waals surface area contributed by atoms with Gasteiger partial charge < -0.3 is 24.2 Å². The molecule has 1 aromatic rings. The summed E-state index contributed by atoms with van der Waals surface area (Å²) in [6, 6.07) is 5.44. The predicted octanol–water partition coefficient (Wildman–Crippen LogP) is 2.49. The number of carboxylic acids is 1. The van der Waals surface area contributed by atoms with Gasteiger partial charge in [-0.2, -0.15) is 0 Å². The molecule has 25 heavy (non-hydrogen) atoms. The molecule has 2 aliphatic rings. The fraction of sp³-hybridized carbons (Fsp3) is 0.556. The highest BCUT2D eigenvalue weighted by Crippen LogP contribution is 2.38. The van der Waals surface area contributed by atoms with Gasteiger partial charge in [0.1, 0.15) is 18.8 Å². The Morgan fingerprint density at radius 2 is 1.84 bits per heavy atom. The van der Waals surface area contributed by atoms with Crippen molar-refractivity contribution in [2.75, 3.05) is 26.3 Å². The Kier molecular flexibility index (Phi) is 4.49. The molecule has 7 nitrogen and oxygen atoms in total. The van der Waals surface area contributed by atoms with E-state index in [0.717, 1.165) is 5.56 Å². The number of ether oxygens (including phenoxy) is 3. The molecular weight excluding hydrogens is 326 g/mol. The number of carboxylic acid groups (broad SMARTS) is 1. The van der Waals surface area contributed by atoms with Crippen LogP contribution in [0.25, 0.3) is 0 Å². The number of carbonyl (C=O) groups is 2. The van der Waals surface area contributed by atoms with Gasteiger partial charge in [0.15, 0.2) is 11.5 Å². The maximum absolute atomic E-state index is 12.3. The Morgan fingerprint density at radius 1 is 1.16 bits per heavy atom. The van der Waals surface area contributed by atoms with Crippen LogP contribution >= 0.6 is 0 Å². The molecule has 1 N–H and O–H groups in total. The number of carbonyl (C=O) groups excluding carboxylic acids is 1. The van der Waals surface area contributed by atoms with Crippen LogP contribution in [0.2, 0.25) is 0 Å². The molecule has 2 heterocycles. The molecule has 0 saturated carbocycles. The molecule has 1 saturated heterocycles. The summed E-state index contributed by atoms with van der Waals surface area (Å²) in [6.07, 6.45) is -0.487. The van der Waals surface area contributed by atoms with Crippen molar-refractivity contribution in [3.8, 4) is 11.5 Å². The lowest BCUT2D eigenvalue weighted by Gasteiger charge is -2.24. The molecule has 136 valence electrons. The van der Waals surface area contributed by atoms with E-state index in [2.05, 4.69) is 0 Å². The second-order valence-corrected chi connectivity index (χ2v) is 7.34. The summed E-state index contributed by atoms with van der Waals surface area (Å²) < 4.78 is 16.5. The second kappa shape index (κ2) is 6.46. The Morgan fingerprint density at radius 3 is 2.48 bits per heavy atom. The lowest BCUT2D eigenvalue weighted by Crippen LogP contribution is -2.35. The normalized spacial score (nSPS) is 22.6. The van der Waals surface area contributed by atoms with Gasteiger partial charge in [-0.05, 0) is 38.5 Å². The summed E-state index contributed by atoms with van der Waals surface area (Å²) in [5.74, 6) is -0.658. The first-order chi connectivity index (χ1) is 11.7. The van der Waals surface area contributed by atoms with Crippen LogP contribution in [0.1, 0.15) is 32.3 Å². The first-order valence-electron chi connectivity index (χ1n) is 8.35. The summed E-state index contributed by atoms with van der Waals surface area (Å²) in [4.78, 5) is 25.5. The van der Waals surface area contributed by atoms with Gasteiger partial charge >= 0.3 is 12.1 Å². The van der Waals surface area contributed by atoms with Gasteiger partial charge in [0.25, 0.3) is 0 Å². The van der Waals surface area contributed by atoms with Gasteiger partial charge in [0.05, 0.1) is 5.92 Å². The molecular formula is C18H23NO6. The summed E-state index contributed by atoms with van der Waals surface area (Å²) in [6.45, 7) is 6.75. The van der Waals surface area contributed by atoms with Crippen LogP contribution in [-0.2, 0) is 9.53 Å². The van der Waals surface area contributed by atoms with E-state index >= 15 is 0 Å². The van der Waals surface area contributed by atoms with Gasteiger partial charge in [0, 0.05) is 19.0 Å². The van der Waals surface area contributed by atoms with Crippen molar-refractivity contribution >= 4 is 12.1 Å². The van der Waals surface area contributed by atoms with E-state index in [1.165, 1.54) is 4.90 Å². The van der Waals surface area contributed by atoms with Crippen LogP contribution in [0, 0.1) is 5.92 Å². The molecule has 3 rings (SSSR count). The van der Waals surface area contributed by atoms with E-state index in [1.807, 2.05) is 12.1 Å². The smallest absolute Gasteiger partial charge is 0.410 e. The molecule has 1 amide bonds. The molecule has 0 spiro atoms. The fourth-order valence-electron chi connectivity index (χ4n) is 3.16. The molecule has 0 radical (unpaired) electrons. The fourth-order valence-corrected chi connectivity index (χ4v) is 3.16. The highest BCUT2D eigenvalue weighted by Gasteiger charge is 2.42. The Hall–Kier alpha value is -2.44. The minimum absolute atomic E-state index is 0.128. The van der Waals surface area contributed by atoms with Crippen LogP contribution in [0.5, 0.6) is 11.5 Å². The number of amides is 1. The van der Waals surface area contributed by atoms with Crippen molar-refractivity contribution in [1.29, 1.82) is 0 Å². The number of hydrogen-bond donors (Lipinski definition) is 1. The summed E-state index contributed by atoms with van der Waals surface area (Å²) in [5, 5.41) is 9.58. The molecule has 0 aliphatic carbocycles. The number of nitrogens with zero attached hydrogens (tertiary/aromatic N) is 1. The maximum Gasteiger partial charge on any atom is 0.410 e. The zero-order chi connectivity index (χ0) is 18.2. The third-order valence-electron chi connectivity index (χ3n) is 4.28. The van der Waals surface area contributed by atoms with Gasteiger partial charge in [0.2, 0.25) is 0 Å². The topological polar surface area (TPSA) is 85.3 Å². The van der Waals surface area contributed by atoms with Gasteiger partial charge in [-0.3, -0.25) is 4.79 Å². The number of hydrogen-bond acceptors (Lipinski definition) is 5. The van der Waals surface area contributed by atoms with E-state index in [-0.39, 0.29) is 12.5 Å². The number of rotatable bonds is 2. The van der Waals surface area contributed by atoms with E-state index in [9.17, 15) is 14.7 Å². The monoisotopic (exact) mass is 349 g/mol. The molecule has 1 fully saturated rings. The first-order valence-corrected chi connectivity index (χ1v) is 8.35. The minimum atomic E-state index is -0.925. The Bertz CT molecular complexity index is 681. The first kappa shape index (κ1) is 17.4. The van der Waals surface area contributed by atoms with Crippen LogP contribution < -0.4 is 9.47 Å². The average molecular weight is 349 g/mol. The van der Waals surface area contributed by atoms with Crippen molar-refractivity contribution < 1.29 is 28.9 Å². The van der Waals surface area contributed by atoms with Gasteiger partial charge in [-0.25, -0.2) is 4.79 Å². The lowest BCUT2D eigenvalue weighted by molar-refractivity contribution is -0.141. The van der Waals surface area contributed by atoms with Crippen molar-refractivity contribution in [3.63, 3.8) is 0 Å². The van der Waals surface area contributed by atoms with Crippen molar-refractivity contribution in [3.05, 3.63) is 23.8 Å². The zero-order valence-electron chi connectivity index (χ0n) is 14.7. The van der Waals surface area contributed by atoms with Crippen molar-refractivity contribution in [1.82, 2.24) is 4.90 Å². The third kappa shape index (κ3) is 3.81. The Balaban J connectivity index is 1.82. The summed E-state index contributed by atoms with van der Waals surface area (Å²) in [5.41, 5.74) is 0.202. The van der Waals surface area contributed by atoms with Crippen LogP contribution in [-0.4, -0.2) is 54.0 Å². The van der Waals surface area contributed by atoms with Crippen LogP contribution in [0.3, 0.4) is 0 Å². The van der Waals surface area contributed by atoms with E-state index < -0.39 is 23.6 Å². The number of aliphatic carboxylic acids is 1. The largest absolute Gasteiger partial charge is 0.486 e. The predicted molar refractivity (Wildman–Crippen MR) is 89.1 cm³/mol. The maximum atomic E-state index is 12.3. The lowest BCUT2D eigenvalue weighted by atomic mass is 9.89. The molecule has 0 unspecified atom stereocenters. The standard InChI is InChI=1S/C18H23NO6/c1-18(2,3)25-17(22)19-9-12(13(10-19)16(20)21)11-4-5-14-15(8-11)24-7-6-23-14/h4-5,8,12-13H,6-7,9-10H2,1-3H3,(H,20,21)/t12-,13+/m1/s1.